The summed E-state index contributed by atoms with van der Waals surface area (Å²) in [6.07, 6.45) is 0. The average molecular weight is 332 g/mol. The normalized spacial score (nSPS) is 10.6. The molecule has 2 heterocycles. The van der Waals surface area contributed by atoms with Gasteiger partial charge >= 0.3 is 0 Å². The molecular weight excluding hydrogens is 320 g/mol. The quantitative estimate of drug-likeness (QED) is 0.609. The van der Waals surface area contributed by atoms with Crippen LogP contribution >= 0.6 is 11.3 Å². The van der Waals surface area contributed by atoms with E-state index in [9.17, 15) is 0 Å². The molecule has 24 heavy (non-hydrogen) atoms. The fourth-order valence-corrected chi connectivity index (χ4v) is 3.48. The molecule has 0 atom stereocenters. The van der Waals surface area contributed by atoms with E-state index < -0.39 is 0 Å². The number of ether oxygens (including phenoxy) is 1. The van der Waals surface area contributed by atoms with Gasteiger partial charge in [-0.2, -0.15) is 15.6 Å². The molecule has 0 fully saturated rings. The molecule has 0 saturated heterocycles. The molecule has 0 aliphatic rings. The third kappa shape index (κ3) is 2.73. The lowest BCUT2D eigenvalue weighted by molar-refractivity contribution is 0.310. The molecule has 1 N–H and O–H groups in total. The second kappa shape index (κ2) is 6.14. The number of hydrogen-bond acceptors (Lipinski definition) is 5. The van der Waals surface area contributed by atoms with Crippen molar-refractivity contribution in [2.45, 2.75) is 6.61 Å². The summed E-state index contributed by atoms with van der Waals surface area (Å²) >= 11 is 1.73. The third-order valence-corrected chi connectivity index (χ3v) is 4.71. The van der Waals surface area contributed by atoms with Crippen molar-refractivity contribution in [1.29, 1.82) is 5.26 Å². The molecular formula is C18H12N4OS. The lowest BCUT2D eigenvalue weighted by Gasteiger charge is -2.06. The molecule has 0 aliphatic carbocycles. The van der Waals surface area contributed by atoms with E-state index in [-0.39, 0.29) is 5.69 Å². The number of benzene rings is 2. The molecule has 0 amide bonds. The minimum absolute atomic E-state index is 0.275. The van der Waals surface area contributed by atoms with Crippen molar-refractivity contribution >= 4 is 21.4 Å². The number of thiophene rings is 1. The third-order valence-electron chi connectivity index (χ3n) is 3.62. The van der Waals surface area contributed by atoms with E-state index in [0.29, 0.717) is 12.3 Å². The Bertz CT molecular complexity index is 1010. The number of fused-ring (bicyclic) bond motifs is 1. The predicted octanol–water partition coefficient (Wildman–Crippen LogP) is 4.14. The Morgan fingerprint density at radius 2 is 2.00 bits per heavy atom. The van der Waals surface area contributed by atoms with Gasteiger partial charge in [0, 0.05) is 15.1 Å². The largest absolute Gasteiger partial charge is 0.488 e. The summed E-state index contributed by atoms with van der Waals surface area (Å²) in [6.45, 7) is 0.507. The standard InChI is InChI=1S/C18H12N4OS/c19-10-16-18(21-22-20-16)13-5-3-6-14(8-13)23-11-15-9-12-4-1-2-7-17(12)24-15/h1-9H,11H2,(H,20,21,22). The zero-order valence-electron chi connectivity index (χ0n) is 12.6. The number of H-pyrrole nitrogens is 1. The van der Waals surface area contributed by atoms with E-state index in [4.69, 9.17) is 10.00 Å². The summed E-state index contributed by atoms with van der Waals surface area (Å²) in [7, 11) is 0. The van der Waals surface area contributed by atoms with Crippen molar-refractivity contribution in [2.24, 2.45) is 0 Å². The van der Waals surface area contributed by atoms with Gasteiger partial charge in [-0.15, -0.1) is 16.4 Å². The van der Waals surface area contributed by atoms with Crippen LogP contribution in [0.25, 0.3) is 21.3 Å². The maximum Gasteiger partial charge on any atom is 0.190 e. The minimum Gasteiger partial charge on any atom is -0.488 e. The molecule has 116 valence electrons. The van der Waals surface area contributed by atoms with Crippen molar-refractivity contribution < 1.29 is 4.74 Å². The van der Waals surface area contributed by atoms with Gasteiger partial charge in [0.2, 0.25) is 0 Å². The molecule has 2 aromatic carbocycles. The minimum atomic E-state index is 0.275. The second-order valence-corrected chi connectivity index (χ2v) is 6.37. The first kappa shape index (κ1) is 14.4. The number of aromatic amines is 1. The van der Waals surface area contributed by atoms with Gasteiger partial charge in [-0.05, 0) is 29.7 Å². The first-order chi connectivity index (χ1) is 11.8. The number of nitrogens with one attached hydrogen (secondary N) is 1. The van der Waals surface area contributed by atoms with Crippen LogP contribution in [0.2, 0.25) is 0 Å². The monoisotopic (exact) mass is 332 g/mol. The Labute approximate surface area is 142 Å². The van der Waals surface area contributed by atoms with E-state index in [1.807, 2.05) is 42.5 Å². The molecule has 0 unspecified atom stereocenters. The number of aromatic nitrogens is 3. The number of nitrogens with zero attached hydrogens (tertiary/aromatic N) is 3. The first-order valence-electron chi connectivity index (χ1n) is 7.35. The van der Waals surface area contributed by atoms with Gasteiger partial charge in [0.15, 0.2) is 5.69 Å². The Balaban J connectivity index is 1.55. The molecule has 0 radical (unpaired) electrons. The Morgan fingerprint density at radius 1 is 1.08 bits per heavy atom. The molecule has 4 rings (SSSR count). The molecule has 5 nitrogen and oxygen atoms in total. The van der Waals surface area contributed by atoms with Crippen molar-refractivity contribution in [2.75, 3.05) is 0 Å². The van der Waals surface area contributed by atoms with Crippen molar-refractivity contribution in [3.05, 3.63) is 65.2 Å². The summed E-state index contributed by atoms with van der Waals surface area (Å²) in [5.41, 5.74) is 1.61. The lowest BCUT2D eigenvalue weighted by atomic mass is 10.1. The van der Waals surface area contributed by atoms with Gasteiger partial charge in [0.05, 0.1) is 0 Å². The van der Waals surface area contributed by atoms with Gasteiger partial charge in [-0.1, -0.05) is 30.3 Å². The van der Waals surface area contributed by atoms with E-state index in [1.165, 1.54) is 15.0 Å². The summed E-state index contributed by atoms with van der Waals surface area (Å²) < 4.78 is 7.16. The van der Waals surface area contributed by atoms with Gasteiger partial charge < -0.3 is 4.74 Å². The van der Waals surface area contributed by atoms with Gasteiger partial charge in [0.1, 0.15) is 24.1 Å². The van der Waals surface area contributed by atoms with E-state index in [2.05, 4.69) is 33.6 Å². The SMILES string of the molecule is N#Cc1n[nH]nc1-c1cccc(OCc2cc3ccccc3s2)c1. The molecule has 0 spiro atoms. The second-order valence-electron chi connectivity index (χ2n) is 5.20. The summed E-state index contributed by atoms with van der Waals surface area (Å²) in [4.78, 5) is 1.17. The topological polar surface area (TPSA) is 74.6 Å². The molecule has 6 heteroatoms. The van der Waals surface area contributed by atoms with Gasteiger partial charge in [-0.25, -0.2) is 0 Å². The molecule has 0 bridgehead atoms. The van der Waals surface area contributed by atoms with Crippen LogP contribution in [0, 0.1) is 11.3 Å². The highest BCUT2D eigenvalue weighted by molar-refractivity contribution is 7.19. The Hall–Kier alpha value is -3.17. The van der Waals surface area contributed by atoms with Crippen LogP contribution in [-0.4, -0.2) is 15.4 Å². The van der Waals surface area contributed by atoms with Crippen LogP contribution < -0.4 is 4.74 Å². The fraction of sp³-hybridized carbons (Fsp3) is 0.0556. The molecule has 2 aromatic heterocycles. The van der Waals surface area contributed by atoms with Crippen molar-refractivity contribution in [3.8, 4) is 23.1 Å². The maximum atomic E-state index is 9.06. The van der Waals surface area contributed by atoms with Gasteiger partial charge in [-0.3, -0.25) is 0 Å². The molecule has 0 saturated carbocycles. The predicted molar refractivity (Wildman–Crippen MR) is 92.7 cm³/mol. The number of hydrogen-bond donors (Lipinski definition) is 1. The summed E-state index contributed by atoms with van der Waals surface area (Å²) in [5, 5.41) is 20.6. The highest BCUT2D eigenvalue weighted by atomic mass is 32.1. The van der Waals surface area contributed by atoms with E-state index >= 15 is 0 Å². The fourth-order valence-electron chi connectivity index (χ4n) is 2.51. The molecule has 0 aliphatic heterocycles. The van der Waals surface area contributed by atoms with E-state index in [0.717, 1.165) is 11.3 Å². The van der Waals surface area contributed by atoms with Crippen LogP contribution in [0.1, 0.15) is 10.6 Å². The maximum absolute atomic E-state index is 9.06. The van der Waals surface area contributed by atoms with Gasteiger partial charge in [0.25, 0.3) is 0 Å². The zero-order valence-corrected chi connectivity index (χ0v) is 13.4. The lowest BCUT2D eigenvalue weighted by Crippen LogP contribution is -1.93. The first-order valence-corrected chi connectivity index (χ1v) is 8.17. The summed E-state index contributed by atoms with van der Waals surface area (Å²) in [6, 6.07) is 20.0. The van der Waals surface area contributed by atoms with Crippen molar-refractivity contribution in [1.82, 2.24) is 15.4 Å². The van der Waals surface area contributed by atoms with Crippen LogP contribution in [-0.2, 0) is 6.61 Å². The molecule has 4 aromatic rings. The highest BCUT2D eigenvalue weighted by Crippen LogP contribution is 2.28. The van der Waals surface area contributed by atoms with Crippen LogP contribution in [0.4, 0.5) is 0 Å². The van der Waals surface area contributed by atoms with Crippen LogP contribution in [0.15, 0.2) is 54.6 Å². The number of rotatable bonds is 4. The van der Waals surface area contributed by atoms with E-state index in [1.54, 1.807) is 11.3 Å². The van der Waals surface area contributed by atoms with Crippen LogP contribution in [0.5, 0.6) is 5.75 Å². The smallest absolute Gasteiger partial charge is 0.190 e. The average Bonchev–Trinajstić information content (AvgIpc) is 3.26. The van der Waals surface area contributed by atoms with Crippen molar-refractivity contribution in [3.63, 3.8) is 0 Å². The zero-order chi connectivity index (χ0) is 16.4. The Morgan fingerprint density at radius 3 is 2.88 bits per heavy atom. The summed E-state index contributed by atoms with van der Waals surface area (Å²) in [5.74, 6) is 0.733. The number of nitriles is 1. The van der Waals surface area contributed by atoms with Crippen LogP contribution in [0.3, 0.4) is 0 Å². The highest BCUT2D eigenvalue weighted by Gasteiger charge is 2.10. The Kier molecular flexibility index (Phi) is 3.69.